The van der Waals surface area contributed by atoms with E-state index in [0.717, 1.165) is 19.0 Å². The molecular weight excluding hydrogens is 234 g/mol. The summed E-state index contributed by atoms with van der Waals surface area (Å²) in [5, 5.41) is 3.15. The Hall–Kier alpha value is -0.930. The highest BCUT2D eigenvalue weighted by atomic mass is 15.1. The van der Waals surface area contributed by atoms with Crippen LogP contribution in [-0.4, -0.2) is 30.5 Å². The van der Waals surface area contributed by atoms with E-state index in [1.54, 1.807) is 0 Å². The zero-order valence-electron chi connectivity index (χ0n) is 12.4. The molecule has 1 aliphatic carbocycles. The van der Waals surface area contributed by atoms with Crippen LogP contribution in [0.1, 0.15) is 43.4 Å². The number of rotatable bonds is 6. The SMILES string of the molecule is CNCc1ccc(CN(C)CC2CCCCC2)nc1. The van der Waals surface area contributed by atoms with E-state index in [-0.39, 0.29) is 0 Å². The van der Waals surface area contributed by atoms with E-state index < -0.39 is 0 Å². The Morgan fingerprint density at radius 3 is 2.68 bits per heavy atom. The quantitative estimate of drug-likeness (QED) is 0.853. The first-order valence-electron chi connectivity index (χ1n) is 7.55. The van der Waals surface area contributed by atoms with Gasteiger partial charge in [0.1, 0.15) is 0 Å². The van der Waals surface area contributed by atoms with Crippen LogP contribution in [0.15, 0.2) is 18.3 Å². The standard InChI is InChI=1S/C16H27N3/c1-17-10-15-8-9-16(18-11-15)13-19(2)12-14-6-4-3-5-7-14/h8-9,11,14,17H,3-7,10,12-13H2,1-2H3. The lowest BCUT2D eigenvalue weighted by Gasteiger charge is -2.26. The Bertz CT molecular complexity index is 355. The highest BCUT2D eigenvalue weighted by Gasteiger charge is 2.15. The Labute approximate surface area is 117 Å². The van der Waals surface area contributed by atoms with E-state index >= 15 is 0 Å². The fourth-order valence-electron chi connectivity index (χ4n) is 3.01. The molecule has 106 valence electrons. The predicted molar refractivity (Wildman–Crippen MR) is 79.9 cm³/mol. The van der Waals surface area contributed by atoms with Gasteiger partial charge in [0.2, 0.25) is 0 Å². The number of nitrogens with zero attached hydrogens (tertiary/aromatic N) is 2. The van der Waals surface area contributed by atoms with Gasteiger partial charge < -0.3 is 10.2 Å². The largest absolute Gasteiger partial charge is 0.316 e. The second-order valence-corrected chi connectivity index (χ2v) is 5.89. The predicted octanol–water partition coefficient (Wildman–Crippen LogP) is 2.81. The van der Waals surface area contributed by atoms with Crippen molar-refractivity contribution >= 4 is 0 Å². The summed E-state index contributed by atoms with van der Waals surface area (Å²) in [6.07, 6.45) is 9.11. The zero-order valence-corrected chi connectivity index (χ0v) is 12.4. The molecule has 2 rings (SSSR count). The van der Waals surface area contributed by atoms with Crippen molar-refractivity contribution in [1.29, 1.82) is 0 Å². The lowest BCUT2D eigenvalue weighted by molar-refractivity contribution is 0.226. The number of nitrogens with one attached hydrogen (secondary N) is 1. The summed E-state index contributed by atoms with van der Waals surface area (Å²) in [6, 6.07) is 4.33. The van der Waals surface area contributed by atoms with Crippen LogP contribution in [0.25, 0.3) is 0 Å². The summed E-state index contributed by atoms with van der Waals surface area (Å²) in [5.41, 5.74) is 2.43. The third-order valence-corrected chi connectivity index (χ3v) is 3.99. The van der Waals surface area contributed by atoms with E-state index in [1.165, 1.54) is 49.9 Å². The van der Waals surface area contributed by atoms with Crippen molar-refractivity contribution in [3.63, 3.8) is 0 Å². The third kappa shape index (κ3) is 4.92. The van der Waals surface area contributed by atoms with Crippen molar-refractivity contribution in [2.75, 3.05) is 20.6 Å². The summed E-state index contributed by atoms with van der Waals surface area (Å²) in [4.78, 5) is 6.98. The van der Waals surface area contributed by atoms with Crippen LogP contribution >= 0.6 is 0 Å². The molecule has 1 heterocycles. The van der Waals surface area contributed by atoms with E-state index in [0.29, 0.717) is 0 Å². The monoisotopic (exact) mass is 261 g/mol. The first-order chi connectivity index (χ1) is 9.28. The molecule has 1 aliphatic rings. The number of hydrogen-bond acceptors (Lipinski definition) is 3. The van der Waals surface area contributed by atoms with Crippen molar-refractivity contribution in [2.45, 2.75) is 45.2 Å². The Morgan fingerprint density at radius 1 is 1.26 bits per heavy atom. The highest BCUT2D eigenvalue weighted by Crippen LogP contribution is 2.24. The molecule has 3 heteroatoms. The average Bonchev–Trinajstić information content (AvgIpc) is 2.42. The van der Waals surface area contributed by atoms with Gasteiger partial charge >= 0.3 is 0 Å². The first kappa shape index (κ1) is 14.5. The highest BCUT2D eigenvalue weighted by molar-refractivity contribution is 5.13. The van der Waals surface area contributed by atoms with Crippen molar-refractivity contribution in [3.05, 3.63) is 29.6 Å². The van der Waals surface area contributed by atoms with Gasteiger partial charge in [-0.15, -0.1) is 0 Å². The lowest BCUT2D eigenvalue weighted by atomic mass is 9.89. The molecule has 0 bridgehead atoms. The molecule has 0 aromatic carbocycles. The van der Waals surface area contributed by atoms with E-state index in [2.05, 4.69) is 34.4 Å². The average molecular weight is 261 g/mol. The molecule has 0 atom stereocenters. The number of pyridine rings is 1. The van der Waals surface area contributed by atoms with Gasteiger partial charge in [0.05, 0.1) is 5.69 Å². The van der Waals surface area contributed by atoms with Crippen LogP contribution in [0.3, 0.4) is 0 Å². The van der Waals surface area contributed by atoms with Gasteiger partial charge in [0.25, 0.3) is 0 Å². The minimum atomic E-state index is 0.894. The topological polar surface area (TPSA) is 28.2 Å². The Balaban J connectivity index is 1.78. The van der Waals surface area contributed by atoms with Crippen LogP contribution in [0, 0.1) is 5.92 Å². The minimum absolute atomic E-state index is 0.894. The Morgan fingerprint density at radius 2 is 2.05 bits per heavy atom. The lowest BCUT2D eigenvalue weighted by Crippen LogP contribution is -2.27. The fraction of sp³-hybridized carbons (Fsp3) is 0.688. The van der Waals surface area contributed by atoms with Gasteiger partial charge in [0.15, 0.2) is 0 Å². The van der Waals surface area contributed by atoms with E-state index in [4.69, 9.17) is 0 Å². The van der Waals surface area contributed by atoms with Crippen LogP contribution in [-0.2, 0) is 13.1 Å². The molecule has 0 unspecified atom stereocenters. The molecule has 0 radical (unpaired) electrons. The molecule has 19 heavy (non-hydrogen) atoms. The van der Waals surface area contributed by atoms with Crippen molar-refractivity contribution in [2.24, 2.45) is 5.92 Å². The maximum absolute atomic E-state index is 4.55. The molecule has 1 aromatic rings. The normalized spacial score (nSPS) is 17.0. The van der Waals surface area contributed by atoms with Crippen LogP contribution in [0.2, 0.25) is 0 Å². The number of hydrogen-bond donors (Lipinski definition) is 1. The maximum atomic E-state index is 4.55. The molecule has 1 N–H and O–H groups in total. The molecular formula is C16H27N3. The van der Waals surface area contributed by atoms with Gasteiger partial charge in [-0.25, -0.2) is 0 Å². The molecule has 0 amide bonds. The second-order valence-electron chi connectivity index (χ2n) is 5.89. The summed E-state index contributed by atoms with van der Waals surface area (Å²) < 4.78 is 0. The van der Waals surface area contributed by atoms with Crippen molar-refractivity contribution in [3.8, 4) is 0 Å². The van der Waals surface area contributed by atoms with Crippen molar-refractivity contribution < 1.29 is 0 Å². The van der Waals surface area contributed by atoms with Gasteiger partial charge in [0, 0.05) is 25.8 Å². The molecule has 0 aliphatic heterocycles. The molecule has 1 fully saturated rings. The van der Waals surface area contributed by atoms with Gasteiger partial charge in [-0.05, 0) is 44.5 Å². The van der Waals surface area contributed by atoms with Crippen LogP contribution in [0.5, 0.6) is 0 Å². The summed E-state index contributed by atoms with van der Waals surface area (Å²) in [6.45, 7) is 3.08. The van der Waals surface area contributed by atoms with E-state index in [9.17, 15) is 0 Å². The molecule has 1 saturated carbocycles. The van der Waals surface area contributed by atoms with Crippen molar-refractivity contribution in [1.82, 2.24) is 15.2 Å². The summed E-state index contributed by atoms with van der Waals surface area (Å²) in [5.74, 6) is 0.905. The van der Waals surface area contributed by atoms with Crippen LogP contribution < -0.4 is 5.32 Å². The molecule has 1 aromatic heterocycles. The zero-order chi connectivity index (χ0) is 13.5. The van der Waals surface area contributed by atoms with Gasteiger partial charge in [-0.3, -0.25) is 4.98 Å². The van der Waals surface area contributed by atoms with Gasteiger partial charge in [-0.1, -0.05) is 25.3 Å². The second kappa shape index (κ2) is 7.61. The van der Waals surface area contributed by atoms with E-state index in [1.807, 2.05) is 13.2 Å². The summed E-state index contributed by atoms with van der Waals surface area (Å²) in [7, 11) is 4.18. The minimum Gasteiger partial charge on any atom is -0.316 e. The smallest absolute Gasteiger partial charge is 0.0544 e. The maximum Gasteiger partial charge on any atom is 0.0544 e. The molecule has 0 saturated heterocycles. The van der Waals surface area contributed by atoms with Crippen LogP contribution in [0.4, 0.5) is 0 Å². The summed E-state index contributed by atoms with van der Waals surface area (Å²) >= 11 is 0. The fourth-order valence-corrected chi connectivity index (χ4v) is 3.01. The number of aromatic nitrogens is 1. The Kier molecular flexibility index (Phi) is 5.80. The third-order valence-electron chi connectivity index (χ3n) is 3.99. The first-order valence-corrected chi connectivity index (χ1v) is 7.55. The molecule has 0 spiro atoms. The molecule has 3 nitrogen and oxygen atoms in total. The van der Waals surface area contributed by atoms with Gasteiger partial charge in [-0.2, -0.15) is 0 Å².